The van der Waals surface area contributed by atoms with Crippen LogP contribution in [-0.4, -0.2) is 36.4 Å². The van der Waals surface area contributed by atoms with E-state index in [-0.39, 0.29) is 31.0 Å². The van der Waals surface area contributed by atoms with Crippen molar-refractivity contribution in [1.82, 2.24) is 10.6 Å². The van der Waals surface area contributed by atoms with Crippen molar-refractivity contribution in [2.24, 2.45) is 5.92 Å². The molecule has 21 heavy (non-hydrogen) atoms. The molecule has 2 unspecified atom stereocenters. The second-order valence-corrected chi connectivity index (χ2v) is 5.31. The van der Waals surface area contributed by atoms with E-state index in [2.05, 4.69) is 10.6 Å². The Morgan fingerprint density at radius 2 is 1.90 bits per heavy atom. The molecule has 1 rings (SSSR count). The Morgan fingerprint density at radius 3 is 2.48 bits per heavy atom. The number of hydrogen-bond acceptors (Lipinski definition) is 3. The van der Waals surface area contributed by atoms with Gasteiger partial charge >= 0.3 is 6.03 Å². The molecule has 0 aromatic heterocycles. The summed E-state index contributed by atoms with van der Waals surface area (Å²) in [7, 11) is 0. The van der Waals surface area contributed by atoms with Crippen molar-refractivity contribution >= 4 is 6.03 Å². The van der Waals surface area contributed by atoms with E-state index >= 15 is 0 Å². The minimum Gasteiger partial charge on any atom is -0.491 e. The summed E-state index contributed by atoms with van der Waals surface area (Å²) in [6.45, 7) is 6.04. The average molecular weight is 298 g/mol. The Morgan fingerprint density at radius 1 is 1.29 bits per heavy atom. The molecule has 0 saturated carbocycles. The third kappa shape index (κ3) is 6.94. The lowest BCUT2D eigenvalue weighted by Crippen LogP contribution is -2.45. The number of ether oxygens (including phenoxy) is 1. The van der Waals surface area contributed by atoms with Crippen molar-refractivity contribution < 1.29 is 19.0 Å². The first-order valence-corrected chi connectivity index (χ1v) is 6.99. The minimum atomic E-state index is -0.838. The van der Waals surface area contributed by atoms with Gasteiger partial charge in [-0.3, -0.25) is 0 Å². The molecule has 1 aromatic rings. The molecule has 0 fully saturated rings. The van der Waals surface area contributed by atoms with Gasteiger partial charge in [-0.15, -0.1) is 0 Å². The Hall–Kier alpha value is -1.82. The smallest absolute Gasteiger partial charge is 0.315 e. The van der Waals surface area contributed by atoms with E-state index in [1.807, 2.05) is 20.8 Å². The second-order valence-electron chi connectivity index (χ2n) is 5.31. The molecule has 0 aliphatic rings. The van der Waals surface area contributed by atoms with Gasteiger partial charge in [0, 0.05) is 12.6 Å². The largest absolute Gasteiger partial charge is 0.491 e. The predicted octanol–water partition coefficient (Wildman–Crippen LogP) is 1.91. The summed E-state index contributed by atoms with van der Waals surface area (Å²) in [6.07, 6.45) is -0.838. The molecule has 1 aromatic carbocycles. The zero-order valence-electron chi connectivity index (χ0n) is 12.6. The molecule has 0 saturated heterocycles. The fraction of sp³-hybridized carbons (Fsp3) is 0.533. The number of rotatable bonds is 7. The van der Waals surface area contributed by atoms with Crippen molar-refractivity contribution in [1.29, 1.82) is 0 Å². The number of aliphatic hydroxyl groups is 1. The lowest BCUT2D eigenvalue weighted by molar-refractivity contribution is 0.107. The van der Waals surface area contributed by atoms with E-state index < -0.39 is 6.10 Å². The summed E-state index contributed by atoms with van der Waals surface area (Å²) >= 11 is 0. The maximum atomic E-state index is 12.7. The summed E-state index contributed by atoms with van der Waals surface area (Å²) in [4.78, 5) is 11.6. The molecule has 0 aliphatic carbocycles. The van der Waals surface area contributed by atoms with E-state index in [0.717, 1.165) is 0 Å². The van der Waals surface area contributed by atoms with Gasteiger partial charge in [0.25, 0.3) is 0 Å². The van der Waals surface area contributed by atoms with Crippen LogP contribution in [0.3, 0.4) is 0 Å². The molecule has 118 valence electrons. The number of nitrogens with one attached hydrogen (secondary N) is 2. The van der Waals surface area contributed by atoms with Gasteiger partial charge in [0.15, 0.2) is 0 Å². The van der Waals surface area contributed by atoms with E-state index in [9.17, 15) is 14.3 Å². The fourth-order valence-electron chi connectivity index (χ4n) is 1.42. The van der Waals surface area contributed by atoms with Crippen molar-refractivity contribution in [3.8, 4) is 5.75 Å². The fourth-order valence-corrected chi connectivity index (χ4v) is 1.42. The van der Waals surface area contributed by atoms with Crippen molar-refractivity contribution in [2.75, 3.05) is 13.2 Å². The van der Waals surface area contributed by atoms with Crippen LogP contribution in [0.4, 0.5) is 9.18 Å². The van der Waals surface area contributed by atoms with Crippen molar-refractivity contribution in [3.05, 3.63) is 30.1 Å². The first-order valence-electron chi connectivity index (χ1n) is 6.99. The molecule has 0 heterocycles. The van der Waals surface area contributed by atoms with Gasteiger partial charge in [-0.05, 0) is 37.1 Å². The predicted molar refractivity (Wildman–Crippen MR) is 78.7 cm³/mol. The van der Waals surface area contributed by atoms with Crippen LogP contribution in [0.5, 0.6) is 5.75 Å². The second kappa shape index (κ2) is 8.46. The van der Waals surface area contributed by atoms with Gasteiger partial charge in [0.1, 0.15) is 24.3 Å². The SMILES string of the molecule is CC(C)C(C)NC(=O)NCC(O)COc1ccc(F)cc1. The minimum absolute atomic E-state index is 0.0195. The molecule has 5 nitrogen and oxygen atoms in total. The standard InChI is InChI=1S/C15H23FN2O3/c1-10(2)11(3)18-15(20)17-8-13(19)9-21-14-6-4-12(16)5-7-14/h4-7,10-11,13,19H,8-9H2,1-3H3,(H2,17,18,20). The highest BCUT2D eigenvalue weighted by atomic mass is 19.1. The van der Waals surface area contributed by atoms with Crippen LogP contribution >= 0.6 is 0 Å². The van der Waals surface area contributed by atoms with Gasteiger partial charge in [-0.25, -0.2) is 9.18 Å². The Kier molecular flexibility index (Phi) is 6.94. The van der Waals surface area contributed by atoms with Crippen LogP contribution in [-0.2, 0) is 0 Å². The lowest BCUT2D eigenvalue weighted by Gasteiger charge is -2.19. The van der Waals surface area contributed by atoms with Crippen LogP contribution in [0.2, 0.25) is 0 Å². The maximum absolute atomic E-state index is 12.7. The monoisotopic (exact) mass is 298 g/mol. The number of carbonyl (C=O) groups is 1. The zero-order valence-corrected chi connectivity index (χ0v) is 12.6. The third-order valence-corrected chi connectivity index (χ3v) is 3.11. The molecule has 0 aliphatic heterocycles. The highest BCUT2D eigenvalue weighted by Crippen LogP contribution is 2.11. The Labute approximate surface area is 124 Å². The molecule has 2 amide bonds. The summed E-state index contributed by atoms with van der Waals surface area (Å²) in [5.74, 6) is 0.455. The molecule has 2 atom stereocenters. The molecule has 6 heteroatoms. The van der Waals surface area contributed by atoms with Crippen LogP contribution in [0, 0.1) is 11.7 Å². The molecular formula is C15H23FN2O3. The van der Waals surface area contributed by atoms with Crippen LogP contribution in [0.1, 0.15) is 20.8 Å². The number of hydrogen-bond donors (Lipinski definition) is 3. The highest BCUT2D eigenvalue weighted by molar-refractivity contribution is 5.74. The number of halogens is 1. The summed E-state index contributed by atoms with van der Waals surface area (Å²) < 4.78 is 18.0. The first kappa shape index (κ1) is 17.2. The maximum Gasteiger partial charge on any atom is 0.315 e. The normalized spacial score (nSPS) is 13.6. The molecule has 3 N–H and O–H groups in total. The van der Waals surface area contributed by atoms with Crippen molar-refractivity contribution in [3.63, 3.8) is 0 Å². The first-order chi connectivity index (χ1) is 9.88. The number of urea groups is 1. The van der Waals surface area contributed by atoms with E-state index in [1.165, 1.54) is 24.3 Å². The summed E-state index contributed by atoms with van der Waals surface area (Å²) in [5.41, 5.74) is 0. The van der Waals surface area contributed by atoms with Crippen LogP contribution in [0.15, 0.2) is 24.3 Å². The quantitative estimate of drug-likeness (QED) is 0.720. The average Bonchev–Trinajstić information content (AvgIpc) is 2.44. The number of carbonyl (C=O) groups excluding carboxylic acids is 1. The number of amides is 2. The highest BCUT2D eigenvalue weighted by Gasteiger charge is 2.12. The number of benzene rings is 1. The topological polar surface area (TPSA) is 70.6 Å². The summed E-state index contributed by atoms with van der Waals surface area (Å²) in [6, 6.07) is 5.25. The van der Waals surface area contributed by atoms with Gasteiger partial charge in [0.05, 0.1) is 0 Å². The number of aliphatic hydroxyl groups excluding tert-OH is 1. The Bertz CT molecular complexity index is 437. The lowest BCUT2D eigenvalue weighted by atomic mass is 10.1. The van der Waals surface area contributed by atoms with Gasteiger partial charge in [0.2, 0.25) is 0 Å². The van der Waals surface area contributed by atoms with Gasteiger partial charge in [-0.1, -0.05) is 13.8 Å². The Balaban J connectivity index is 2.23. The third-order valence-electron chi connectivity index (χ3n) is 3.11. The van der Waals surface area contributed by atoms with E-state index in [4.69, 9.17) is 4.74 Å². The van der Waals surface area contributed by atoms with Crippen LogP contribution < -0.4 is 15.4 Å². The van der Waals surface area contributed by atoms with Crippen molar-refractivity contribution in [2.45, 2.75) is 32.9 Å². The van der Waals surface area contributed by atoms with Crippen LogP contribution in [0.25, 0.3) is 0 Å². The summed E-state index contributed by atoms with van der Waals surface area (Å²) in [5, 5.41) is 15.1. The van der Waals surface area contributed by atoms with Gasteiger partial charge in [-0.2, -0.15) is 0 Å². The molecular weight excluding hydrogens is 275 g/mol. The van der Waals surface area contributed by atoms with E-state index in [0.29, 0.717) is 11.7 Å². The van der Waals surface area contributed by atoms with E-state index in [1.54, 1.807) is 0 Å². The molecule has 0 bridgehead atoms. The zero-order chi connectivity index (χ0) is 15.8. The molecule has 0 spiro atoms. The molecule has 0 radical (unpaired) electrons. The van der Waals surface area contributed by atoms with Gasteiger partial charge < -0.3 is 20.5 Å².